The molecule has 1 aromatic carbocycles. The molecule has 0 aliphatic carbocycles. The Morgan fingerprint density at radius 1 is 1.29 bits per heavy atom. The Labute approximate surface area is 149 Å². The topological polar surface area (TPSA) is 76.5 Å². The molecular formula is C15H21N3O3P2S. The molecule has 9 heteroatoms. The van der Waals surface area contributed by atoms with Crippen molar-refractivity contribution in [2.75, 3.05) is 13.3 Å². The molecule has 130 valence electrons. The molecule has 2 fully saturated rings. The van der Waals surface area contributed by atoms with Crippen LogP contribution in [0, 0.1) is 5.92 Å². The van der Waals surface area contributed by atoms with E-state index in [0.29, 0.717) is 14.9 Å². The van der Waals surface area contributed by atoms with Crippen molar-refractivity contribution in [3.63, 3.8) is 0 Å². The van der Waals surface area contributed by atoms with E-state index in [1.807, 2.05) is 30.3 Å². The smallest absolute Gasteiger partial charge is 0.177 e. The van der Waals surface area contributed by atoms with Crippen LogP contribution in [0.25, 0.3) is 10.4 Å². The summed E-state index contributed by atoms with van der Waals surface area (Å²) in [5.74, 6) is 0.0808. The summed E-state index contributed by atoms with van der Waals surface area (Å²) in [6.07, 6.45) is -0.205. The van der Waals surface area contributed by atoms with Gasteiger partial charge >= 0.3 is 0 Å². The minimum absolute atomic E-state index is 0.0808. The first-order valence-corrected chi connectivity index (χ1v) is 12.3. The maximum absolute atomic E-state index is 8.98. The van der Waals surface area contributed by atoms with E-state index in [4.69, 9.17) is 19.7 Å². The summed E-state index contributed by atoms with van der Waals surface area (Å²) in [5, 5.41) is 4.02. The largest absolute Gasteiger partial charge is 0.358 e. The van der Waals surface area contributed by atoms with Crippen LogP contribution in [0.15, 0.2) is 40.3 Å². The average Bonchev–Trinajstić information content (AvgIpc) is 2.60. The van der Waals surface area contributed by atoms with Crippen LogP contribution in [-0.4, -0.2) is 43.0 Å². The standard InChI is InChI=1S/C15H21N3O3P2S/c1-9-12(17-18-16)14(24-10-6-4-3-5-7-10)20-11-8-19-15(23-22-2)21-13(9)11/h3-7,9,11-15,22-23H,8H2,1-2H3/t9?,11?,12-,13-,14-,15?/m0/s1. The van der Waals surface area contributed by atoms with Crippen molar-refractivity contribution in [3.8, 4) is 0 Å². The van der Waals surface area contributed by atoms with Crippen LogP contribution in [0.4, 0.5) is 0 Å². The second-order valence-electron chi connectivity index (χ2n) is 5.69. The van der Waals surface area contributed by atoms with Gasteiger partial charge in [-0.15, -0.1) is 0 Å². The molecule has 0 radical (unpaired) electrons. The number of ether oxygens (including phenoxy) is 3. The first kappa shape index (κ1) is 18.4. The van der Waals surface area contributed by atoms with Crippen LogP contribution in [-0.2, 0) is 14.2 Å². The second kappa shape index (κ2) is 8.82. The molecular weight excluding hydrogens is 364 g/mol. The highest BCUT2D eigenvalue weighted by Gasteiger charge is 2.47. The van der Waals surface area contributed by atoms with Gasteiger partial charge in [0.15, 0.2) is 6.03 Å². The van der Waals surface area contributed by atoms with Gasteiger partial charge in [-0.05, 0) is 38.5 Å². The van der Waals surface area contributed by atoms with Gasteiger partial charge in [-0.2, -0.15) is 0 Å². The Hall–Kier alpha value is -0.380. The zero-order chi connectivity index (χ0) is 16.9. The fraction of sp³-hybridized carbons (Fsp3) is 0.600. The lowest BCUT2D eigenvalue weighted by Crippen LogP contribution is -2.57. The summed E-state index contributed by atoms with van der Waals surface area (Å²) in [5.41, 5.74) is 8.75. The van der Waals surface area contributed by atoms with E-state index in [2.05, 4.69) is 23.6 Å². The molecule has 0 amide bonds. The quantitative estimate of drug-likeness (QED) is 0.325. The van der Waals surface area contributed by atoms with Gasteiger partial charge in [0.25, 0.3) is 0 Å². The predicted octanol–water partition coefficient (Wildman–Crippen LogP) is 4.42. The zero-order valence-corrected chi connectivity index (χ0v) is 16.3. The first-order chi connectivity index (χ1) is 11.7. The third-order valence-corrected chi connectivity index (χ3v) is 7.71. The molecule has 8 atom stereocenters. The van der Waals surface area contributed by atoms with Crippen molar-refractivity contribution in [2.24, 2.45) is 11.0 Å². The minimum Gasteiger partial charge on any atom is -0.358 e. The van der Waals surface area contributed by atoms with E-state index in [1.165, 1.54) is 0 Å². The molecule has 2 heterocycles. The molecule has 2 saturated heterocycles. The molecule has 24 heavy (non-hydrogen) atoms. The SMILES string of the molecule is CPPC1OCC2O[C@@H](Sc3ccccc3)[C@@H](N=[N+]=[N-])C(C)[C@@H]2O1. The van der Waals surface area contributed by atoms with Crippen molar-refractivity contribution in [1.82, 2.24) is 0 Å². The number of fused-ring (bicyclic) bond motifs is 1. The van der Waals surface area contributed by atoms with Gasteiger partial charge in [-0.25, -0.2) is 0 Å². The third kappa shape index (κ3) is 4.23. The fourth-order valence-electron chi connectivity index (χ4n) is 2.96. The zero-order valence-electron chi connectivity index (χ0n) is 13.5. The number of thioether (sulfide) groups is 1. The first-order valence-electron chi connectivity index (χ1n) is 7.83. The lowest BCUT2D eigenvalue weighted by atomic mass is 9.90. The Balaban J connectivity index is 1.76. The maximum Gasteiger partial charge on any atom is 0.177 e. The highest BCUT2D eigenvalue weighted by atomic mass is 32.2. The Morgan fingerprint density at radius 2 is 2.08 bits per heavy atom. The van der Waals surface area contributed by atoms with E-state index < -0.39 is 0 Å². The van der Waals surface area contributed by atoms with Gasteiger partial charge < -0.3 is 14.2 Å². The lowest BCUT2D eigenvalue weighted by molar-refractivity contribution is -0.262. The maximum atomic E-state index is 8.98. The molecule has 2 aliphatic rings. The third-order valence-electron chi connectivity index (χ3n) is 4.15. The second-order valence-corrected chi connectivity index (χ2v) is 10.5. The summed E-state index contributed by atoms with van der Waals surface area (Å²) >= 11 is 1.59. The van der Waals surface area contributed by atoms with Gasteiger partial charge in [0.2, 0.25) is 0 Å². The fourth-order valence-corrected chi connectivity index (χ4v) is 5.99. The van der Waals surface area contributed by atoms with Crippen molar-refractivity contribution < 1.29 is 14.2 Å². The lowest BCUT2D eigenvalue weighted by Gasteiger charge is -2.47. The summed E-state index contributed by atoms with van der Waals surface area (Å²) < 4.78 is 18.1. The predicted molar refractivity (Wildman–Crippen MR) is 100 cm³/mol. The Morgan fingerprint density at radius 3 is 2.79 bits per heavy atom. The van der Waals surface area contributed by atoms with Crippen LogP contribution >= 0.6 is 28.3 Å². The summed E-state index contributed by atoms with van der Waals surface area (Å²) in [6.45, 7) is 4.76. The summed E-state index contributed by atoms with van der Waals surface area (Å²) in [6, 6.07) is 9.61. The number of nitrogens with zero attached hydrogens (tertiary/aromatic N) is 3. The number of hydrogen-bond acceptors (Lipinski definition) is 5. The highest BCUT2D eigenvalue weighted by molar-refractivity contribution is 8.11. The highest BCUT2D eigenvalue weighted by Crippen LogP contribution is 2.46. The molecule has 1 aromatic rings. The molecule has 0 bridgehead atoms. The van der Waals surface area contributed by atoms with E-state index in [9.17, 15) is 0 Å². The molecule has 0 saturated carbocycles. The number of benzene rings is 1. The Bertz CT molecular complexity index is 591. The van der Waals surface area contributed by atoms with Gasteiger partial charge in [-0.3, -0.25) is 0 Å². The van der Waals surface area contributed by atoms with Crippen LogP contribution in [0.1, 0.15) is 6.92 Å². The van der Waals surface area contributed by atoms with E-state index in [-0.39, 0.29) is 35.6 Å². The van der Waals surface area contributed by atoms with E-state index in [1.54, 1.807) is 11.8 Å². The van der Waals surface area contributed by atoms with E-state index >= 15 is 0 Å². The molecule has 5 unspecified atom stereocenters. The van der Waals surface area contributed by atoms with Crippen LogP contribution in [0.5, 0.6) is 0 Å². The number of rotatable bonds is 5. The van der Waals surface area contributed by atoms with Crippen LogP contribution in [0.2, 0.25) is 0 Å². The molecule has 2 aliphatic heterocycles. The molecule has 0 N–H and O–H groups in total. The van der Waals surface area contributed by atoms with Gasteiger partial charge in [-0.1, -0.05) is 50.3 Å². The molecule has 0 aromatic heterocycles. The van der Waals surface area contributed by atoms with Crippen molar-refractivity contribution in [3.05, 3.63) is 40.8 Å². The van der Waals surface area contributed by atoms with Gasteiger partial charge in [0.1, 0.15) is 11.5 Å². The normalized spacial score (nSPS) is 36.8. The van der Waals surface area contributed by atoms with Gasteiger partial charge in [0, 0.05) is 9.81 Å². The summed E-state index contributed by atoms with van der Waals surface area (Å²) in [7, 11) is 1.45. The molecule has 0 spiro atoms. The van der Waals surface area contributed by atoms with Gasteiger partial charge in [0.05, 0.1) is 18.8 Å². The molecule has 6 nitrogen and oxygen atoms in total. The van der Waals surface area contributed by atoms with E-state index in [0.717, 1.165) is 13.2 Å². The van der Waals surface area contributed by atoms with Crippen LogP contribution < -0.4 is 0 Å². The molecule has 3 rings (SSSR count). The number of hydrogen-bond donors (Lipinski definition) is 0. The van der Waals surface area contributed by atoms with Crippen molar-refractivity contribution >= 4 is 28.3 Å². The average molecular weight is 385 g/mol. The minimum atomic E-state index is -0.271. The van der Waals surface area contributed by atoms with Crippen molar-refractivity contribution in [1.29, 1.82) is 0 Å². The van der Waals surface area contributed by atoms with Crippen LogP contribution in [0.3, 0.4) is 0 Å². The van der Waals surface area contributed by atoms with Crippen molar-refractivity contribution in [2.45, 2.75) is 41.5 Å². The monoisotopic (exact) mass is 385 g/mol. The Kier molecular flexibility index (Phi) is 6.77. The summed E-state index contributed by atoms with van der Waals surface area (Å²) in [4.78, 5) is 4.14. The number of azide groups is 1.